The lowest BCUT2D eigenvalue weighted by atomic mass is 9.81. The Morgan fingerprint density at radius 2 is 1.91 bits per heavy atom. The number of rotatable bonds is 6. The molecule has 0 bridgehead atoms. The number of nitrogens with zero attached hydrogens (tertiary/aromatic N) is 5. The normalized spacial score (nSPS) is 21.9. The van der Waals surface area contributed by atoms with Crippen LogP contribution in [0.1, 0.15) is 40.2 Å². The minimum atomic E-state index is -2.36. The average molecular weight is 524 g/mol. The van der Waals surface area contributed by atoms with Crippen molar-refractivity contribution in [1.82, 2.24) is 15.0 Å². The van der Waals surface area contributed by atoms with E-state index in [0.29, 0.717) is 24.1 Å². The van der Waals surface area contributed by atoms with Gasteiger partial charge in [-0.05, 0) is 37.2 Å². The fourth-order valence-corrected chi connectivity index (χ4v) is 5.71. The first-order valence-electron chi connectivity index (χ1n) is 11.2. The van der Waals surface area contributed by atoms with Crippen LogP contribution < -0.4 is 4.90 Å². The molecule has 3 atom stereocenters. The predicted molar refractivity (Wildman–Crippen MR) is 143 cm³/mol. The number of anilines is 2. The van der Waals surface area contributed by atoms with Gasteiger partial charge in [0.2, 0.25) is 5.16 Å². The van der Waals surface area contributed by atoms with Gasteiger partial charge >= 0.3 is 0 Å². The molecular weight excluding hydrogens is 487 g/mol. The molecule has 0 saturated heterocycles. The Hall–Kier alpha value is -1.69. The SMILES string of the molecule is C[C@@H]1N(c2cccc(N=S(C)(C)=O)n2)c2nc(S(C)=O)ncc2[C@@]1(C)CO[Si](C)(C)C(C)(C)C. The molecule has 0 fully saturated rings. The van der Waals surface area contributed by atoms with Crippen molar-refractivity contribution in [3.05, 3.63) is 30.0 Å². The molecule has 188 valence electrons. The van der Waals surface area contributed by atoms with Crippen molar-refractivity contribution in [2.45, 2.75) is 69.4 Å². The van der Waals surface area contributed by atoms with Crippen LogP contribution in [0.15, 0.2) is 33.9 Å². The molecule has 34 heavy (non-hydrogen) atoms. The molecule has 0 amide bonds. The molecule has 0 N–H and O–H groups in total. The highest BCUT2D eigenvalue weighted by molar-refractivity contribution is 7.92. The third kappa shape index (κ3) is 5.27. The van der Waals surface area contributed by atoms with Crippen LogP contribution in [0.25, 0.3) is 0 Å². The highest BCUT2D eigenvalue weighted by Crippen LogP contribution is 2.49. The molecule has 1 aliphatic heterocycles. The first kappa shape index (κ1) is 26.9. The highest BCUT2D eigenvalue weighted by Gasteiger charge is 2.50. The molecule has 0 spiro atoms. The van der Waals surface area contributed by atoms with E-state index >= 15 is 0 Å². The van der Waals surface area contributed by atoms with Crippen molar-refractivity contribution >= 4 is 46.3 Å². The van der Waals surface area contributed by atoms with E-state index in [1.807, 2.05) is 17.0 Å². The summed E-state index contributed by atoms with van der Waals surface area (Å²) in [4.78, 5) is 15.8. The number of aromatic nitrogens is 3. The fourth-order valence-electron chi connectivity index (χ4n) is 3.65. The Balaban J connectivity index is 2.13. The number of pyridine rings is 1. The molecule has 8 nitrogen and oxygen atoms in total. The zero-order chi connectivity index (χ0) is 25.7. The quantitative estimate of drug-likeness (QED) is 0.397. The lowest BCUT2D eigenvalue weighted by Crippen LogP contribution is -2.48. The fraction of sp³-hybridized carbons (Fsp3) is 0.609. The first-order valence-corrected chi connectivity index (χ1v) is 18.0. The maximum atomic E-state index is 12.2. The molecular formula is C23H37N5O3S2Si. The summed E-state index contributed by atoms with van der Waals surface area (Å²) < 4.78 is 35.4. The molecule has 3 heterocycles. The summed E-state index contributed by atoms with van der Waals surface area (Å²) in [5.74, 6) is 1.72. The Labute approximate surface area is 207 Å². The van der Waals surface area contributed by atoms with Crippen molar-refractivity contribution in [2.75, 3.05) is 30.3 Å². The Morgan fingerprint density at radius 3 is 2.47 bits per heavy atom. The number of fused-ring (bicyclic) bond motifs is 1. The molecule has 3 rings (SSSR count). The van der Waals surface area contributed by atoms with Gasteiger partial charge in [0.05, 0.1) is 10.8 Å². The van der Waals surface area contributed by atoms with Crippen molar-refractivity contribution in [2.24, 2.45) is 4.36 Å². The molecule has 2 aromatic rings. The molecule has 1 unspecified atom stereocenters. The van der Waals surface area contributed by atoms with E-state index in [2.05, 4.69) is 62.0 Å². The average Bonchev–Trinajstić information content (AvgIpc) is 2.91. The third-order valence-corrected chi connectivity index (χ3v) is 12.8. The van der Waals surface area contributed by atoms with Crippen LogP contribution in [0, 0.1) is 0 Å². The van der Waals surface area contributed by atoms with E-state index in [9.17, 15) is 8.42 Å². The minimum absolute atomic E-state index is 0.0718. The molecule has 0 radical (unpaired) electrons. The van der Waals surface area contributed by atoms with E-state index < -0.39 is 34.3 Å². The van der Waals surface area contributed by atoms with Crippen molar-refractivity contribution < 1.29 is 12.8 Å². The van der Waals surface area contributed by atoms with Gasteiger partial charge < -0.3 is 9.33 Å². The third-order valence-electron chi connectivity index (χ3n) is 6.98. The maximum absolute atomic E-state index is 12.2. The van der Waals surface area contributed by atoms with Gasteiger partial charge in [0.25, 0.3) is 0 Å². The molecule has 2 aromatic heterocycles. The first-order chi connectivity index (χ1) is 15.5. The van der Waals surface area contributed by atoms with Gasteiger partial charge in [0, 0.05) is 58.3 Å². The summed E-state index contributed by atoms with van der Waals surface area (Å²) in [5.41, 5.74) is 0.517. The van der Waals surface area contributed by atoms with E-state index in [4.69, 9.17) is 9.41 Å². The van der Waals surface area contributed by atoms with Crippen LogP contribution >= 0.6 is 0 Å². The smallest absolute Gasteiger partial charge is 0.220 e. The highest BCUT2D eigenvalue weighted by atomic mass is 32.2. The van der Waals surface area contributed by atoms with Crippen LogP contribution in [0.4, 0.5) is 17.5 Å². The molecule has 11 heteroatoms. The Kier molecular flexibility index (Phi) is 7.18. The predicted octanol–water partition coefficient (Wildman–Crippen LogP) is 4.79. The summed E-state index contributed by atoms with van der Waals surface area (Å²) in [6, 6.07) is 5.40. The largest absolute Gasteiger partial charge is 0.416 e. The van der Waals surface area contributed by atoms with Gasteiger partial charge in [0.1, 0.15) is 11.6 Å². The van der Waals surface area contributed by atoms with Gasteiger partial charge in [-0.3, -0.25) is 4.21 Å². The van der Waals surface area contributed by atoms with Crippen LogP contribution in [0.5, 0.6) is 0 Å². The second-order valence-corrected chi connectivity index (χ2v) is 19.6. The van der Waals surface area contributed by atoms with E-state index in [-0.39, 0.29) is 16.2 Å². The van der Waals surface area contributed by atoms with E-state index in [1.54, 1.807) is 31.0 Å². The van der Waals surface area contributed by atoms with E-state index in [0.717, 1.165) is 5.56 Å². The lowest BCUT2D eigenvalue weighted by Gasteiger charge is -2.40. The van der Waals surface area contributed by atoms with Crippen LogP contribution in [-0.4, -0.2) is 63.1 Å². The monoisotopic (exact) mass is 523 g/mol. The zero-order valence-corrected chi connectivity index (χ0v) is 24.5. The summed E-state index contributed by atoms with van der Waals surface area (Å²) in [6.45, 7) is 16.0. The minimum Gasteiger partial charge on any atom is -0.416 e. The van der Waals surface area contributed by atoms with Crippen molar-refractivity contribution in [1.29, 1.82) is 0 Å². The van der Waals surface area contributed by atoms with Crippen LogP contribution in [0.3, 0.4) is 0 Å². The lowest BCUT2D eigenvalue weighted by molar-refractivity contribution is 0.197. The standard InChI is InChI=1S/C23H37N5O3S2Si/c1-16-23(5,15-31-34(9,10)22(2,3)4)17-14-24-21(32(6)29)26-20(17)28(16)19-13-11-12-18(25-19)27-33(7,8)30/h11-14,16H,15H2,1-10H3/t16-,23-,32?/m0/s1. The molecule has 0 aromatic carbocycles. The molecule has 1 aliphatic rings. The summed E-state index contributed by atoms with van der Waals surface area (Å²) in [7, 11) is -5.69. The van der Waals surface area contributed by atoms with Gasteiger partial charge in [-0.15, -0.1) is 0 Å². The van der Waals surface area contributed by atoms with Crippen molar-refractivity contribution in [3.63, 3.8) is 0 Å². The summed E-state index contributed by atoms with van der Waals surface area (Å²) >= 11 is 0. The molecule has 0 saturated carbocycles. The number of hydrogen-bond acceptors (Lipinski definition) is 8. The second-order valence-electron chi connectivity index (χ2n) is 11.0. The van der Waals surface area contributed by atoms with E-state index in [1.165, 1.54) is 0 Å². The summed E-state index contributed by atoms with van der Waals surface area (Å²) in [6.07, 6.45) is 6.52. The Morgan fingerprint density at radius 1 is 1.26 bits per heavy atom. The summed E-state index contributed by atoms with van der Waals surface area (Å²) in [5, 5.41) is 0.356. The van der Waals surface area contributed by atoms with Gasteiger partial charge in [0.15, 0.2) is 14.1 Å². The number of hydrogen-bond donors (Lipinski definition) is 0. The van der Waals surface area contributed by atoms with Crippen molar-refractivity contribution in [3.8, 4) is 0 Å². The maximum Gasteiger partial charge on any atom is 0.220 e. The van der Waals surface area contributed by atoms with Crippen LogP contribution in [0.2, 0.25) is 18.1 Å². The molecule has 0 aliphatic carbocycles. The zero-order valence-electron chi connectivity index (χ0n) is 21.9. The Bertz CT molecular complexity index is 1230. The van der Waals surface area contributed by atoms with Crippen LogP contribution in [-0.2, 0) is 30.4 Å². The van der Waals surface area contributed by atoms with Gasteiger partial charge in [-0.1, -0.05) is 33.8 Å². The van der Waals surface area contributed by atoms with Gasteiger partial charge in [-0.25, -0.2) is 19.2 Å². The topological polar surface area (TPSA) is 97.6 Å². The van der Waals surface area contributed by atoms with Gasteiger partial charge in [-0.2, -0.15) is 4.36 Å². The second kappa shape index (κ2) is 9.07.